The van der Waals surface area contributed by atoms with E-state index in [1.807, 2.05) is 0 Å². The molecule has 156 valence electrons. The van der Waals surface area contributed by atoms with Crippen LogP contribution in [0, 0.1) is 29.1 Å². The number of carbonyl (C=O) groups excluding carboxylic acids is 3. The van der Waals surface area contributed by atoms with Gasteiger partial charge in [-0.25, -0.2) is 22.0 Å². The molecule has 0 atom stereocenters. The molecule has 30 heavy (non-hydrogen) atoms. The van der Waals surface area contributed by atoms with Gasteiger partial charge in [-0.05, 0) is 41.6 Å². The third-order valence-electron chi connectivity index (χ3n) is 4.01. The number of hydrogen-bond donors (Lipinski definition) is 1. The average molecular weight is 442 g/mol. The minimum Gasteiger partial charge on any atom is -0.350 e. The fourth-order valence-corrected chi connectivity index (χ4v) is 3.38. The summed E-state index contributed by atoms with van der Waals surface area (Å²) in [6, 6.07) is 5.41. The predicted octanol–water partition coefficient (Wildman–Crippen LogP) is 3.85. The average Bonchev–Trinajstić information content (AvgIpc) is 2.98. The van der Waals surface area contributed by atoms with Gasteiger partial charge in [0.25, 0.3) is 17.1 Å². The Morgan fingerprint density at radius 3 is 2.33 bits per heavy atom. The van der Waals surface area contributed by atoms with E-state index in [2.05, 4.69) is 5.32 Å². The highest BCUT2D eigenvalue weighted by Gasteiger charge is 2.34. The fraction of sp³-hybridized carbons (Fsp3) is 0.105. The van der Waals surface area contributed by atoms with Crippen molar-refractivity contribution in [2.75, 3.05) is 13.1 Å². The molecule has 1 aliphatic heterocycles. The maximum Gasteiger partial charge on any atom is 0.293 e. The van der Waals surface area contributed by atoms with Gasteiger partial charge in [-0.1, -0.05) is 12.1 Å². The molecule has 3 rings (SSSR count). The lowest BCUT2D eigenvalue weighted by Gasteiger charge is -2.13. The topological polar surface area (TPSA) is 66.5 Å². The van der Waals surface area contributed by atoms with Gasteiger partial charge in [-0.2, -0.15) is 0 Å². The Balaban J connectivity index is 1.64. The van der Waals surface area contributed by atoms with Crippen LogP contribution in [0.2, 0.25) is 0 Å². The van der Waals surface area contributed by atoms with Gasteiger partial charge < -0.3 is 5.32 Å². The summed E-state index contributed by atoms with van der Waals surface area (Å²) in [6.07, 6.45) is 1.39. The molecule has 2 aromatic carbocycles. The second kappa shape index (κ2) is 8.66. The van der Waals surface area contributed by atoms with Crippen LogP contribution in [0.5, 0.6) is 0 Å². The molecule has 1 N–H and O–H groups in total. The standard InChI is InChI=1S/C19H11F5N2O3S/c20-10-3-1-9(2-4-10)7-13-18(28)26(19(29)30-13)6-5-25-17(27)11-8-12(21)15(23)16(24)14(11)22/h1-4,7-8H,5-6H2,(H,25,27)/b13-7-. The lowest BCUT2D eigenvalue weighted by molar-refractivity contribution is -0.122. The van der Waals surface area contributed by atoms with Crippen molar-refractivity contribution >= 4 is 34.9 Å². The molecule has 11 heteroatoms. The van der Waals surface area contributed by atoms with Crippen LogP contribution in [-0.2, 0) is 4.79 Å². The zero-order chi connectivity index (χ0) is 22.0. The Bertz CT molecular complexity index is 1070. The normalized spacial score (nSPS) is 15.2. The van der Waals surface area contributed by atoms with Gasteiger partial charge in [-0.3, -0.25) is 19.3 Å². The first kappa shape index (κ1) is 21.5. The number of rotatable bonds is 5. The van der Waals surface area contributed by atoms with Crippen LogP contribution in [0.4, 0.5) is 26.7 Å². The zero-order valence-electron chi connectivity index (χ0n) is 14.8. The molecule has 0 bridgehead atoms. The minimum atomic E-state index is -2.13. The molecule has 2 aromatic rings. The summed E-state index contributed by atoms with van der Waals surface area (Å²) in [5, 5.41) is 1.47. The van der Waals surface area contributed by atoms with E-state index >= 15 is 0 Å². The number of hydrogen-bond acceptors (Lipinski definition) is 4. The van der Waals surface area contributed by atoms with Crippen molar-refractivity contribution in [2.24, 2.45) is 0 Å². The molecule has 0 unspecified atom stereocenters. The number of imide groups is 1. The largest absolute Gasteiger partial charge is 0.350 e. The number of halogens is 5. The van der Waals surface area contributed by atoms with Crippen LogP contribution in [0.15, 0.2) is 35.2 Å². The first-order valence-electron chi connectivity index (χ1n) is 8.31. The highest BCUT2D eigenvalue weighted by Crippen LogP contribution is 2.31. The molecule has 0 saturated carbocycles. The fourth-order valence-electron chi connectivity index (χ4n) is 2.52. The van der Waals surface area contributed by atoms with Crippen molar-refractivity contribution in [3.8, 4) is 0 Å². The first-order valence-corrected chi connectivity index (χ1v) is 9.13. The third-order valence-corrected chi connectivity index (χ3v) is 4.92. The van der Waals surface area contributed by atoms with Gasteiger partial charge >= 0.3 is 0 Å². The van der Waals surface area contributed by atoms with E-state index in [1.54, 1.807) is 0 Å². The molecule has 3 amide bonds. The molecular weight excluding hydrogens is 431 g/mol. The maximum atomic E-state index is 13.6. The Hall–Kier alpha value is -3.21. The summed E-state index contributed by atoms with van der Waals surface area (Å²) in [5.41, 5.74) is -0.567. The molecule has 0 spiro atoms. The molecular formula is C19H11F5N2O3S. The summed E-state index contributed by atoms with van der Waals surface area (Å²) >= 11 is 0.635. The van der Waals surface area contributed by atoms with Crippen LogP contribution in [0.3, 0.4) is 0 Å². The molecule has 0 aliphatic carbocycles. The summed E-state index contributed by atoms with van der Waals surface area (Å²) in [7, 11) is 0. The SMILES string of the molecule is O=C(NCCN1C(=O)S/C(=C\c2ccc(F)cc2)C1=O)c1cc(F)c(F)c(F)c1F. The lowest BCUT2D eigenvalue weighted by atomic mass is 10.1. The van der Waals surface area contributed by atoms with E-state index in [0.717, 1.165) is 4.90 Å². The van der Waals surface area contributed by atoms with E-state index in [0.29, 0.717) is 17.3 Å². The van der Waals surface area contributed by atoms with Crippen molar-refractivity contribution in [3.05, 3.63) is 75.4 Å². The molecule has 5 nitrogen and oxygen atoms in total. The van der Waals surface area contributed by atoms with Crippen molar-refractivity contribution in [1.82, 2.24) is 10.2 Å². The Morgan fingerprint density at radius 2 is 1.67 bits per heavy atom. The smallest absolute Gasteiger partial charge is 0.293 e. The van der Waals surface area contributed by atoms with Crippen molar-refractivity contribution in [1.29, 1.82) is 0 Å². The highest BCUT2D eigenvalue weighted by atomic mass is 32.2. The van der Waals surface area contributed by atoms with Crippen LogP contribution in [-0.4, -0.2) is 35.0 Å². The lowest BCUT2D eigenvalue weighted by Crippen LogP contribution is -2.37. The van der Waals surface area contributed by atoms with Crippen molar-refractivity contribution in [3.63, 3.8) is 0 Å². The maximum absolute atomic E-state index is 13.6. The minimum absolute atomic E-state index is 0.0756. The van der Waals surface area contributed by atoms with E-state index < -0.39 is 51.7 Å². The Labute approximate surface area is 170 Å². The second-order valence-electron chi connectivity index (χ2n) is 5.99. The molecule has 1 saturated heterocycles. The van der Waals surface area contributed by atoms with E-state index in [9.17, 15) is 36.3 Å². The third kappa shape index (κ3) is 4.35. The van der Waals surface area contributed by atoms with Gasteiger partial charge in [0, 0.05) is 13.1 Å². The van der Waals surface area contributed by atoms with Crippen LogP contribution in [0.25, 0.3) is 6.08 Å². The summed E-state index contributed by atoms with van der Waals surface area (Å²) < 4.78 is 66.0. The monoisotopic (exact) mass is 442 g/mol. The van der Waals surface area contributed by atoms with Gasteiger partial charge in [0.1, 0.15) is 5.82 Å². The van der Waals surface area contributed by atoms with Crippen molar-refractivity contribution in [2.45, 2.75) is 0 Å². The van der Waals surface area contributed by atoms with Gasteiger partial charge in [0.2, 0.25) is 0 Å². The zero-order valence-corrected chi connectivity index (χ0v) is 15.7. The molecule has 0 aromatic heterocycles. The van der Waals surface area contributed by atoms with Gasteiger partial charge in [0.15, 0.2) is 23.3 Å². The number of carbonyl (C=O) groups is 3. The van der Waals surface area contributed by atoms with E-state index in [1.165, 1.54) is 30.3 Å². The summed E-state index contributed by atoms with van der Waals surface area (Å²) in [4.78, 5) is 37.2. The Morgan fingerprint density at radius 1 is 1.00 bits per heavy atom. The number of thioether (sulfide) groups is 1. The first-order chi connectivity index (χ1) is 14.2. The van der Waals surface area contributed by atoms with Gasteiger partial charge in [-0.15, -0.1) is 0 Å². The summed E-state index contributed by atoms with van der Waals surface area (Å²) in [6.45, 7) is -0.647. The molecule has 1 aliphatic rings. The second-order valence-corrected chi connectivity index (χ2v) is 6.98. The van der Waals surface area contributed by atoms with Crippen LogP contribution < -0.4 is 5.32 Å². The van der Waals surface area contributed by atoms with Crippen LogP contribution in [0.1, 0.15) is 15.9 Å². The van der Waals surface area contributed by atoms with Crippen LogP contribution >= 0.6 is 11.8 Å². The van der Waals surface area contributed by atoms with Gasteiger partial charge in [0.05, 0.1) is 10.5 Å². The van der Waals surface area contributed by atoms with E-state index in [-0.39, 0.29) is 24.1 Å². The molecule has 0 radical (unpaired) electrons. The van der Waals surface area contributed by atoms with Crippen molar-refractivity contribution < 1.29 is 36.3 Å². The number of nitrogens with zero attached hydrogens (tertiary/aromatic N) is 1. The quantitative estimate of drug-likeness (QED) is 0.331. The Kier molecular flexibility index (Phi) is 6.20. The predicted molar refractivity (Wildman–Crippen MR) is 97.7 cm³/mol. The number of nitrogens with one attached hydrogen (secondary N) is 1. The van der Waals surface area contributed by atoms with E-state index in [4.69, 9.17) is 0 Å². The number of amides is 3. The molecule has 1 fully saturated rings. The summed E-state index contributed by atoms with van der Waals surface area (Å²) in [5.74, 6) is -10.1. The molecule has 1 heterocycles. The number of benzene rings is 2. The highest BCUT2D eigenvalue weighted by molar-refractivity contribution is 8.18.